The summed E-state index contributed by atoms with van der Waals surface area (Å²) in [7, 11) is 1.62. The van der Waals surface area contributed by atoms with Crippen LogP contribution in [0.1, 0.15) is 66.9 Å². The van der Waals surface area contributed by atoms with E-state index in [1.165, 1.54) is 23.1 Å². The number of anilines is 1. The van der Waals surface area contributed by atoms with Gasteiger partial charge in [0.05, 0.1) is 36.7 Å². The van der Waals surface area contributed by atoms with E-state index in [1.807, 2.05) is 62.1 Å². The second-order valence-corrected chi connectivity index (χ2v) is 17.9. The predicted octanol–water partition coefficient (Wildman–Crippen LogP) is 5.32. The number of amides is 5. The molecule has 0 unspecified atom stereocenters. The highest BCUT2D eigenvalue weighted by atomic mass is 32.2. The van der Waals surface area contributed by atoms with Gasteiger partial charge in [0.15, 0.2) is 5.76 Å². The van der Waals surface area contributed by atoms with Gasteiger partial charge in [-0.15, -0.1) is 0 Å². The number of ether oxygens (including phenoxy) is 1. The third-order valence-electron chi connectivity index (χ3n) is 11.5. The van der Waals surface area contributed by atoms with Gasteiger partial charge in [0, 0.05) is 60.6 Å². The third kappa shape index (κ3) is 9.02. The number of oxazole rings is 1. The van der Waals surface area contributed by atoms with Crippen LogP contribution in [0.2, 0.25) is 0 Å². The minimum Gasteiger partial charge on any atom is -0.423 e. The number of carbonyl (C=O) groups is 4. The fourth-order valence-corrected chi connectivity index (χ4v) is 9.18. The Morgan fingerprint density at radius 3 is 2.09 bits per heavy atom. The van der Waals surface area contributed by atoms with Gasteiger partial charge < -0.3 is 34.9 Å². The van der Waals surface area contributed by atoms with Crippen LogP contribution in [0.4, 0.5) is 10.8 Å². The second kappa shape index (κ2) is 16.5. The van der Waals surface area contributed by atoms with Crippen molar-refractivity contribution in [3.63, 3.8) is 0 Å². The van der Waals surface area contributed by atoms with Gasteiger partial charge in [0.2, 0.25) is 11.8 Å². The Kier molecular flexibility index (Phi) is 11.2. The molecule has 8 atom stereocenters. The molecule has 2 aliphatic heterocycles. The summed E-state index contributed by atoms with van der Waals surface area (Å²) in [4.78, 5) is 62.2. The van der Waals surface area contributed by atoms with Crippen LogP contribution in [0.5, 0.6) is 0 Å². The summed E-state index contributed by atoms with van der Waals surface area (Å²) in [5.74, 6) is -0.877. The number of nitrogens with zero attached hydrogens (tertiary/aromatic N) is 3. The van der Waals surface area contributed by atoms with Crippen molar-refractivity contribution >= 4 is 41.7 Å². The topological polar surface area (TPSA) is 158 Å². The fraction of sp³-hybridized carbons (Fsp3) is 0.432. The molecule has 4 fully saturated rings. The number of carbonyl (C=O) groups excluding carboxylic acids is 4. The molecule has 14 heteroatoms. The van der Waals surface area contributed by atoms with Gasteiger partial charge in [0.1, 0.15) is 0 Å². The van der Waals surface area contributed by atoms with Gasteiger partial charge >= 0.3 is 6.03 Å². The number of urea groups is 1. The number of hydrogen-bond donors (Lipinski definition) is 4. The summed E-state index contributed by atoms with van der Waals surface area (Å²) >= 11 is 1.42. The van der Waals surface area contributed by atoms with Gasteiger partial charge in [0.25, 0.3) is 11.9 Å². The minimum absolute atomic E-state index is 0.00452. The maximum absolute atomic E-state index is 14.0. The molecule has 13 nitrogen and oxygen atoms in total. The number of hydrogen-bond acceptors (Lipinski definition) is 9. The Labute approximate surface area is 343 Å². The van der Waals surface area contributed by atoms with Crippen LogP contribution in [0.15, 0.2) is 95.5 Å². The molecular formula is C44H51N7O6S. The molecule has 4 N–H and O–H groups in total. The predicted molar refractivity (Wildman–Crippen MR) is 222 cm³/mol. The van der Waals surface area contributed by atoms with E-state index in [-0.39, 0.29) is 71.7 Å². The molecule has 4 aromatic rings. The van der Waals surface area contributed by atoms with E-state index in [4.69, 9.17) is 9.15 Å². The SMILES string of the molecule is CO[C@H]1CN(c2ncc(-c3ccc(C(=O)N4C[C@@H](C(=O)NS[C@H]5C[C@@H]5c5ccccc5)[C@H](C(=O)N[C@H]5C[C@@H]5c5ccccc5)C4)cc3)o2)C[C@@H]1NC(=O)NC(C)(C)C. The summed E-state index contributed by atoms with van der Waals surface area (Å²) < 4.78 is 14.9. The highest BCUT2D eigenvalue weighted by Gasteiger charge is 2.48. The Morgan fingerprint density at radius 2 is 1.43 bits per heavy atom. The van der Waals surface area contributed by atoms with E-state index in [1.54, 1.807) is 42.5 Å². The van der Waals surface area contributed by atoms with E-state index in [2.05, 4.69) is 49.9 Å². The van der Waals surface area contributed by atoms with Crippen molar-refractivity contribution in [3.05, 3.63) is 108 Å². The van der Waals surface area contributed by atoms with Crippen molar-refractivity contribution in [1.29, 1.82) is 0 Å². The zero-order valence-electron chi connectivity index (χ0n) is 33.2. The van der Waals surface area contributed by atoms with Crippen molar-refractivity contribution in [2.24, 2.45) is 11.8 Å². The Hall–Kier alpha value is -5.34. The maximum Gasteiger partial charge on any atom is 0.315 e. The number of aromatic nitrogens is 1. The molecule has 2 saturated carbocycles. The standard InChI is InChI=1S/C44H51N7O6S/c1-44(2,3)48-42(55)47-35-24-51(25-37(35)56-4)43-45-21-36(57-43)28-15-17-29(18-16-28)41(54)50-22-32(39(52)46-34-19-30(34)26-11-7-5-8-12-26)33(23-50)40(53)49-58-38-20-31(38)27-13-9-6-10-14-27/h5-18,21,30-35,37-38H,19-20,22-25H2,1-4H3,(H,46,52)(H,49,53)(H2,47,48,55)/t30-,31-,32-,33-,34+,35+,37+,38+/m1/s1. The second-order valence-electron chi connectivity index (χ2n) is 16.9. The van der Waals surface area contributed by atoms with Crippen molar-refractivity contribution in [1.82, 2.24) is 30.6 Å². The maximum atomic E-state index is 14.0. The third-order valence-corrected chi connectivity index (χ3v) is 12.6. The molecule has 304 valence electrons. The molecule has 1 aromatic heterocycles. The largest absolute Gasteiger partial charge is 0.423 e. The van der Waals surface area contributed by atoms with Crippen LogP contribution in [0.3, 0.4) is 0 Å². The first-order valence-corrected chi connectivity index (χ1v) is 20.9. The van der Waals surface area contributed by atoms with Crippen LogP contribution in [0.25, 0.3) is 11.3 Å². The van der Waals surface area contributed by atoms with Crippen LogP contribution in [-0.2, 0) is 14.3 Å². The lowest BCUT2D eigenvalue weighted by atomic mass is 9.94. The zero-order valence-corrected chi connectivity index (χ0v) is 34.0. The van der Waals surface area contributed by atoms with E-state index < -0.39 is 11.8 Å². The van der Waals surface area contributed by atoms with E-state index in [0.717, 1.165) is 18.4 Å². The summed E-state index contributed by atoms with van der Waals surface area (Å²) in [6, 6.07) is 27.3. The van der Waals surface area contributed by atoms with Crippen LogP contribution < -0.4 is 25.6 Å². The van der Waals surface area contributed by atoms with Crippen molar-refractivity contribution in [2.45, 2.75) is 74.4 Å². The van der Waals surface area contributed by atoms with Gasteiger partial charge in [-0.25, -0.2) is 9.78 Å². The number of rotatable bonds is 12. The normalized spacial score (nSPS) is 26.2. The van der Waals surface area contributed by atoms with Gasteiger partial charge in [-0.3, -0.25) is 19.1 Å². The Balaban J connectivity index is 0.906. The summed E-state index contributed by atoms with van der Waals surface area (Å²) in [6.45, 7) is 6.99. The average molecular weight is 806 g/mol. The van der Waals surface area contributed by atoms with Gasteiger partial charge in [-0.05, 0) is 74.7 Å². The molecule has 3 aromatic carbocycles. The van der Waals surface area contributed by atoms with Gasteiger partial charge in [-0.1, -0.05) is 72.8 Å². The molecule has 2 saturated heterocycles. The highest BCUT2D eigenvalue weighted by Crippen LogP contribution is 2.48. The highest BCUT2D eigenvalue weighted by molar-refractivity contribution is 7.98. The first-order chi connectivity index (χ1) is 27.9. The fourth-order valence-electron chi connectivity index (χ4n) is 8.13. The lowest BCUT2D eigenvalue weighted by molar-refractivity contribution is -0.132. The van der Waals surface area contributed by atoms with E-state index >= 15 is 0 Å². The summed E-state index contributed by atoms with van der Waals surface area (Å²) in [5, 5.41) is 9.39. The molecule has 3 heterocycles. The molecule has 4 aliphatic rings. The Bertz CT molecular complexity index is 2110. The number of likely N-dealkylation sites (tertiary alicyclic amines) is 1. The zero-order chi connectivity index (χ0) is 40.6. The summed E-state index contributed by atoms with van der Waals surface area (Å²) in [5.41, 5.74) is 3.24. The molecule has 0 radical (unpaired) electrons. The molecule has 8 rings (SSSR count). The molecular weight excluding hydrogens is 755 g/mol. The van der Waals surface area contributed by atoms with E-state index in [0.29, 0.717) is 36.3 Å². The van der Waals surface area contributed by atoms with Crippen LogP contribution in [-0.4, -0.2) is 95.9 Å². The lowest BCUT2D eigenvalue weighted by Gasteiger charge is -2.24. The monoisotopic (exact) mass is 805 g/mol. The van der Waals surface area contributed by atoms with Crippen LogP contribution >= 0.6 is 11.9 Å². The number of methoxy groups -OCH3 is 1. The molecule has 58 heavy (non-hydrogen) atoms. The van der Waals surface area contributed by atoms with E-state index in [9.17, 15) is 19.2 Å². The van der Waals surface area contributed by atoms with Crippen molar-refractivity contribution in [2.75, 3.05) is 38.2 Å². The first kappa shape index (κ1) is 39.5. The summed E-state index contributed by atoms with van der Waals surface area (Å²) in [6.07, 6.45) is 3.21. The minimum atomic E-state index is -0.683. The lowest BCUT2D eigenvalue weighted by Crippen LogP contribution is -2.52. The van der Waals surface area contributed by atoms with Crippen LogP contribution in [0, 0.1) is 11.8 Å². The molecule has 2 aliphatic carbocycles. The van der Waals surface area contributed by atoms with Gasteiger partial charge in [-0.2, -0.15) is 0 Å². The molecule has 0 bridgehead atoms. The molecule has 5 amide bonds. The molecule has 0 spiro atoms. The van der Waals surface area contributed by atoms with Crippen molar-refractivity contribution in [3.8, 4) is 11.3 Å². The number of nitrogens with one attached hydrogen (secondary N) is 4. The quantitative estimate of drug-likeness (QED) is 0.139. The first-order valence-electron chi connectivity index (χ1n) is 20.0. The number of benzene rings is 3. The smallest absolute Gasteiger partial charge is 0.315 e. The Morgan fingerprint density at radius 1 is 0.776 bits per heavy atom. The average Bonchev–Trinajstić information content (AvgIpc) is 3.96. The van der Waals surface area contributed by atoms with Crippen molar-refractivity contribution < 1.29 is 28.3 Å².